The number of nitrogens with zero attached hydrogens (tertiary/aromatic N) is 1. The Labute approximate surface area is 178 Å². The third-order valence-corrected chi connectivity index (χ3v) is 6.09. The van der Waals surface area contributed by atoms with Crippen molar-refractivity contribution in [1.82, 2.24) is 0 Å². The number of anilines is 2. The fraction of sp³-hybridized carbons (Fsp3) is 0.208. The van der Waals surface area contributed by atoms with E-state index in [-0.39, 0.29) is 12.5 Å². The molecular formula is C24H26N2O3S. The summed E-state index contributed by atoms with van der Waals surface area (Å²) in [5, 5.41) is 3.00. The van der Waals surface area contributed by atoms with Crippen LogP contribution in [0, 0.1) is 6.92 Å². The van der Waals surface area contributed by atoms with E-state index in [9.17, 15) is 13.2 Å². The predicted octanol–water partition coefficient (Wildman–Crippen LogP) is 4.78. The molecule has 0 unspecified atom stereocenters. The number of hydrogen-bond acceptors (Lipinski definition) is 3. The molecule has 0 bridgehead atoms. The summed E-state index contributed by atoms with van der Waals surface area (Å²) >= 11 is 0. The van der Waals surface area contributed by atoms with Gasteiger partial charge in [0.05, 0.1) is 24.1 Å². The molecule has 0 aromatic heterocycles. The Balaban J connectivity index is 2.01. The first-order valence-electron chi connectivity index (χ1n) is 9.81. The molecule has 3 rings (SSSR count). The minimum absolute atomic E-state index is 0.147. The van der Waals surface area contributed by atoms with Gasteiger partial charge in [-0.3, -0.25) is 9.10 Å². The molecular weight excluding hydrogens is 396 g/mol. The molecule has 0 saturated carbocycles. The highest BCUT2D eigenvalue weighted by Gasteiger charge is 2.24. The lowest BCUT2D eigenvalue weighted by molar-refractivity contribution is 0.102. The minimum atomic E-state index is -3.61. The third-order valence-electron chi connectivity index (χ3n) is 4.97. The number of hydrogen-bond donors (Lipinski definition) is 1. The molecule has 0 fully saturated rings. The summed E-state index contributed by atoms with van der Waals surface area (Å²) in [6.07, 6.45) is 1.93. The fourth-order valence-corrected chi connectivity index (χ4v) is 4.30. The molecule has 0 radical (unpaired) electrons. The minimum Gasteiger partial charge on any atom is -0.321 e. The van der Waals surface area contributed by atoms with Crippen LogP contribution in [0.4, 0.5) is 11.4 Å². The number of sulfonamides is 1. The van der Waals surface area contributed by atoms with E-state index in [0.717, 1.165) is 35.1 Å². The summed E-state index contributed by atoms with van der Waals surface area (Å²) in [6.45, 7) is 4.12. The Bertz CT molecular complexity index is 1140. The molecule has 3 aromatic rings. The van der Waals surface area contributed by atoms with Crippen LogP contribution in [0.2, 0.25) is 0 Å². The topological polar surface area (TPSA) is 66.5 Å². The Morgan fingerprint density at radius 3 is 2.27 bits per heavy atom. The van der Waals surface area contributed by atoms with Crippen LogP contribution in [0.15, 0.2) is 72.8 Å². The molecule has 6 heteroatoms. The highest BCUT2D eigenvalue weighted by atomic mass is 32.2. The monoisotopic (exact) mass is 422 g/mol. The summed E-state index contributed by atoms with van der Waals surface area (Å²) in [5.41, 5.74) is 4.27. The van der Waals surface area contributed by atoms with Gasteiger partial charge in [-0.05, 0) is 42.2 Å². The molecule has 1 amide bonds. The summed E-state index contributed by atoms with van der Waals surface area (Å²) in [4.78, 5) is 13.2. The number of rotatable bonds is 7. The molecule has 30 heavy (non-hydrogen) atoms. The number of benzene rings is 3. The summed E-state index contributed by atoms with van der Waals surface area (Å²) < 4.78 is 26.5. The molecule has 0 aliphatic rings. The lowest BCUT2D eigenvalue weighted by Crippen LogP contribution is -2.31. The Morgan fingerprint density at radius 2 is 1.60 bits per heavy atom. The zero-order valence-electron chi connectivity index (χ0n) is 17.4. The average molecular weight is 423 g/mol. The first-order valence-corrected chi connectivity index (χ1v) is 11.7. The highest BCUT2D eigenvalue weighted by molar-refractivity contribution is 7.92. The van der Waals surface area contributed by atoms with E-state index in [2.05, 4.69) is 5.32 Å². The average Bonchev–Trinajstić information content (AvgIpc) is 2.73. The van der Waals surface area contributed by atoms with Crippen molar-refractivity contribution in [3.05, 3.63) is 95.1 Å². The van der Waals surface area contributed by atoms with Gasteiger partial charge in [0.25, 0.3) is 5.91 Å². The van der Waals surface area contributed by atoms with Crippen molar-refractivity contribution in [2.24, 2.45) is 0 Å². The largest absolute Gasteiger partial charge is 0.321 e. The van der Waals surface area contributed by atoms with Gasteiger partial charge in [-0.25, -0.2) is 8.42 Å². The number of nitrogens with one attached hydrogen (secondary N) is 1. The second-order valence-electron chi connectivity index (χ2n) is 7.19. The van der Waals surface area contributed by atoms with E-state index in [4.69, 9.17) is 0 Å². The van der Waals surface area contributed by atoms with Crippen LogP contribution in [0.25, 0.3) is 0 Å². The Kier molecular flexibility index (Phi) is 6.57. The lowest BCUT2D eigenvalue weighted by Gasteiger charge is -2.25. The quantitative estimate of drug-likeness (QED) is 0.596. The van der Waals surface area contributed by atoms with Crippen molar-refractivity contribution in [2.75, 3.05) is 15.9 Å². The Morgan fingerprint density at radius 1 is 0.933 bits per heavy atom. The maximum absolute atomic E-state index is 13.2. The van der Waals surface area contributed by atoms with Gasteiger partial charge in [0.2, 0.25) is 10.0 Å². The predicted molar refractivity (Wildman–Crippen MR) is 122 cm³/mol. The number of aryl methyl sites for hydroxylation is 2. The molecule has 0 atom stereocenters. The van der Waals surface area contributed by atoms with Gasteiger partial charge in [-0.2, -0.15) is 0 Å². The smallest absolute Gasteiger partial charge is 0.257 e. The third kappa shape index (κ3) is 4.89. The molecule has 156 valence electrons. The van der Waals surface area contributed by atoms with E-state index in [0.29, 0.717) is 11.3 Å². The number of amides is 1. The first kappa shape index (κ1) is 21.6. The highest BCUT2D eigenvalue weighted by Crippen LogP contribution is 2.28. The molecule has 0 saturated heterocycles. The zero-order valence-corrected chi connectivity index (χ0v) is 18.2. The van der Waals surface area contributed by atoms with Crippen LogP contribution in [0.3, 0.4) is 0 Å². The van der Waals surface area contributed by atoms with Gasteiger partial charge < -0.3 is 5.32 Å². The normalized spacial score (nSPS) is 11.2. The van der Waals surface area contributed by atoms with Crippen LogP contribution < -0.4 is 9.62 Å². The van der Waals surface area contributed by atoms with Gasteiger partial charge in [-0.15, -0.1) is 0 Å². The van der Waals surface area contributed by atoms with Gasteiger partial charge in [0.1, 0.15) is 0 Å². The van der Waals surface area contributed by atoms with Crippen molar-refractivity contribution in [3.63, 3.8) is 0 Å². The van der Waals surface area contributed by atoms with Gasteiger partial charge >= 0.3 is 0 Å². The number of para-hydroxylation sites is 2. The van der Waals surface area contributed by atoms with E-state index >= 15 is 0 Å². The molecule has 1 N–H and O–H groups in total. The second kappa shape index (κ2) is 9.13. The maximum Gasteiger partial charge on any atom is 0.257 e. The van der Waals surface area contributed by atoms with Crippen LogP contribution in [0.1, 0.15) is 34.0 Å². The maximum atomic E-state index is 13.2. The zero-order chi connectivity index (χ0) is 21.7. The van der Waals surface area contributed by atoms with E-state index < -0.39 is 10.0 Å². The molecule has 0 aliphatic carbocycles. The molecule has 5 nitrogen and oxygen atoms in total. The fourth-order valence-electron chi connectivity index (χ4n) is 3.40. The van der Waals surface area contributed by atoms with Crippen LogP contribution in [-0.4, -0.2) is 20.6 Å². The van der Waals surface area contributed by atoms with Crippen molar-refractivity contribution < 1.29 is 13.2 Å². The van der Waals surface area contributed by atoms with E-state index in [1.165, 1.54) is 4.31 Å². The Hall–Kier alpha value is -3.12. The van der Waals surface area contributed by atoms with E-state index in [1.807, 2.05) is 62.4 Å². The standard InChI is InChI=1S/C24H26N2O3S/c1-4-20-14-10-11-18(2)23(20)25-24(27)21-15-8-9-16-22(21)26(30(3,28)29)17-19-12-6-5-7-13-19/h5-16H,4,17H2,1-3H3,(H,25,27). The molecule has 0 heterocycles. The number of carbonyl (C=O) groups excluding carboxylic acids is 1. The van der Waals surface area contributed by atoms with Crippen molar-refractivity contribution in [1.29, 1.82) is 0 Å². The van der Waals surface area contributed by atoms with Crippen LogP contribution in [-0.2, 0) is 23.0 Å². The SMILES string of the molecule is CCc1cccc(C)c1NC(=O)c1ccccc1N(Cc1ccccc1)S(C)(=O)=O. The summed E-state index contributed by atoms with van der Waals surface area (Å²) in [7, 11) is -3.61. The van der Waals surface area contributed by atoms with Crippen LogP contribution >= 0.6 is 0 Å². The number of carbonyl (C=O) groups is 1. The van der Waals surface area contributed by atoms with Crippen molar-refractivity contribution in [3.8, 4) is 0 Å². The molecule has 3 aromatic carbocycles. The van der Waals surface area contributed by atoms with E-state index in [1.54, 1.807) is 24.3 Å². The molecule has 0 spiro atoms. The first-order chi connectivity index (χ1) is 14.3. The van der Waals surface area contributed by atoms with Gasteiger partial charge in [0.15, 0.2) is 0 Å². The summed E-state index contributed by atoms with van der Waals surface area (Å²) in [6, 6.07) is 22.0. The molecule has 0 aliphatic heterocycles. The van der Waals surface area contributed by atoms with Crippen molar-refractivity contribution >= 4 is 27.3 Å². The van der Waals surface area contributed by atoms with Crippen LogP contribution in [0.5, 0.6) is 0 Å². The van der Waals surface area contributed by atoms with Gasteiger partial charge in [-0.1, -0.05) is 67.6 Å². The second-order valence-corrected chi connectivity index (χ2v) is 9.10. The van der Waals surface area contributed by atoms with Crippen molar-refractivity contribution in [2.45, 2.75) is 26.8 Å². The summed E-state index contributed by atoms with van der Waals surface area (Å²) in [5.74, 6) is -0.337. The van der Waals surface area contributed by atoms with Gasteiger partial charge in [0, 0.05) is 5.69 Å². The lowest BCUT2D eigenvalue weighted by atomic mass is 10.0.